The van der Waals surface area contributed by atoms with Crippen molar-refractivity contribution in [3.63, 3.8) is 0 Å². The van der Waals surface area contributed by atoms with Crippen molar-refractivity contribution in [2.45, 2.75) is 0 Å². The summed E-state index contributed by atoms with van der Waals surface area (Å²) in [5.74, 6) is 0.331. The molecule has 0 bridgehead atoms. The van der Waals surface area contributed by atoms with Crippen LogP contribution in [0, 0.1) is 10.1 Å². The Balaban J connectivity index is 1.85. The summed E-state index contributed by atoms with van der Waals surface area (Å²) < 4.78 is 0. The zero-order chi connectivity index (χ0) is 19.1. The lowest BCUT2D eigenvalue weighted by Gasteiger charge is -2.11. The number of nitrogens with zero attached hydrogens (tertiary/aromatic N) is 2. The van der Waals surface area contributed by atoms with Gasteiger partial charge in [-0.3, -0.25) is 15.4 Å². The fourth-order valence-corrected chi connectivity index (χ4v) is 2.33. The van der Waals surface area contributed by atoms with Crippen LogP contribution in [0.5, 0.6) is 0 Å². The standard InChI is InChI=1S/C20H16N4O3/c25-20(22-16-9-5-2-6-10-16)23-19(15-7-3-1-4-8-15)21-17-11-13-18(14-12-17)24(26)27/h1-14H,(H2,21,22,23,25). The Labute approximate surface area is 155 Å². The Morgan fingerprint density at radius 3 is 2.04 bits per heavy atom. The van der Waals surface area contributed by atoms with E-state index in [2.05, 4.69) is 15.6 Å². The molecule has 3 rings (SSSR count). The number of para-hydroxylation sites is 1. The summed E-state index contributed by atoms with van der Waals surface area (Å²) in [6, 6.07) is 23.5. The number of rotatable bonds is 4. The van der Waals surface area contributed by atoms with Gasteiger partial charge < -0.3 is 5.32 Å². The second kappa shape index (κ2) is 8.39. The summed E-state index contributed by atoms with van der Waals surface area (Å²) in [5.41, 5.74) is 1.82. The minimum atomic E-state index is -0.475. The Morgan fingerprint density at radius 2 is 1.44 bits per heavy atom. The van der Waals surface area contributed by atoms with Gasteiger partial charge in [0, 0.05) is 23.4 Å². The molecule has 0 aliphatic heterocycles. The molecule has 0 aliphatic rings. The predicted octanol–water partition coefficient (Wildman–Crippen LogP) is 4.49. The Hall–Kier alpha value is -4.00. The summed E-state index contributed by atoms with van der Waals surface area (Å²) in [4.78, 5) is 27.1. The fraction of sp³-hybridized carbons (Fsp3) is 0. The van der Waals surface area contributed by atoms with Gasteiger partial charge in [0.1, 0.15) is 5.84 Å². The largest absolute Gasteiger partial charge is 0.324 e. The molecule has 0 fully saturated rings. The average Bonchev–Trinajstić information content (AvgIpc) is 2.69. The molecular formula is C20H16N4O3. The number of nitro groups is 1. The van der Waals surface area contributed by atoms with Gasteiger partial charge in [-0.1, -0.05) is 48.5 Å². The maximum atomic E-state index is 12.3. The summed E-state index contributed by atoms with van der Waals surface area (Å²) in [6.45, 7) is 0. The number of urea groups is 1. The SMILES string of the molecule is O=C(NC(=Nc1ccc([N+](=O)[O-])cc1)c1ccccc1)Nc1ccccc1. The third-order valence-corrected chi connectivity index (χ3v) is 3.61. The van der Waals surface area contributed by atoms with Gasteiger partial charge in [-0.15, -0.1) is 0 Å². The van der Waals surface area contributed by atoms with Gasteiger partial charge in [0.25, 0.3) is 5.69 Å². The van der Waals surface area contributed by atoms with Crippen LogP contribution in [0.15, 0.2) is 89.9 Å². The van der Waals surface area contributed by atoms with Crippen molar-refractivity contribution in [1.29, 1.82) is 0 Å². The van der Waals surface area contributed by atoms with E-state index in [1.54, 1.807) is 12.1 Å². The van der Waals surface area contributed by atoms with Crippen LogP contribution in [0.25, 0.3) is 0 Å². The number of benzene rings is 3. The molecule has 0 aliphatic carbocycles. The van der Waals surface area contributed by atoms with Crippen molar-refractivity contribution in [2.75, 3.05) is 5.32 Å². The van der Waals surface area contributed by atoms with Crippen LogP contribution in [0.3, 0.4) is 0 Å². The molecule has 0 saturated heterocycles. The van der Waals surface area contributed by atoms with Crippen LogP contribution >= 0.6 is 0 Å². The lowest BCUT2D eigenvalue weighted by Crippen LogP contribution is -2.34. The highest BCUT2D eigenvalue weighted by molar-refractivity contribution is 6.11. The first kappa shape index (κ1) is 17.8. The number of anilines is 1. The van der Waals surface area contributed by atoms with Gasteiger partial charge in [0.2, 0.25) is 0 Å². The van der Waals surface area contributed by atoms with Crippen LogP contribution in [0.2, 0.25) is 0 Å². The normalized spacial score (nSPS) is 10.9. The molecule has 0 spiro atoms. The summed E-state index contributed by atoms with van der Waals surface area (Å²) in [6.07, 6.45) is 0. The third kappa shape index (κ3) is 4.99. The highest BCUT2D eigenvalue weighted by atomic mass is 16.6. The highest BCUT2D eigenvalue weighted by Crippen LogP contribution is 2.19. The maximum absolute atomic E-state index is 12.3. The molecule has 2 amide bonds. The van der Waals surface area contributed by atoms with Gasteiger partial charge in [0.15, 0.2) is 0 Å². The number of aliphatic imine (C=N–C) groups is 1. The van der Waals surface area contributed by atoms with E-state index in [-0.39, 0.29) is 5.69 Å². The molecule has 3 aromatic carbocycles. The lowest BCUT2D eigenvalue weighted by atomic mass is 10.2. The molecule has 0 unspecified atom stereocenters. The number of nitro benzene ring substituents is 1. The van der Waals surface area contributed by atoms with Crippen molar-refractivity contribution in [2.24, 2.45) is 4.99 Å². The van der Waals surface area contributed by atoms with Crippen molar-refractivity contribution in [1.82, 2.24) is 5.32 Å². The van der Waals surface area contributed by atoms with E-state index in [9.17, 15) is 14.9 Å². The molecule has 0 aromatic heterocycles. The lowest BCUT2D eigenvalue weighted by molar-refractivity contribution is -0.384. The molecule has 0 saturated carbocycles. The van der Waals surface area contributed by atoms with E-state index in [0.717, 1.165) is 0 Å². The first-order chi connectivity index (χ1) is 13.1. The van der Waals surface area contributed by atoms with Crippen LogP contribution in [0.1, 0.15) is 5.56 Å². The molecule has 27 heavy (non-hydrogen) atoms. The number of hydrogen-bond acceptors (Lipinski definition) is 4. The number of non-ortho nitro benzene ring substituents is 1. The number of nitrogens with one attached hydrogen (secondary N) is 2. The minimum absolute atomic E-state index is 0.0232. The van der Waals surface area contributed by atoms with E-state index < -0.39 is 11.0 Å². The Morgan fingerprint density at radius 1 is 0.852 bits per heavy atom. The molecule has 134 valence electrons. The first-order valence-corrected chi connectivity index (χ1v) is 8.13. The van der Waals surface area contributed by atoms with Gasteiger partial charge in [0.05, 0.1) is 10.6 Å². The number of carbonyl (C=O) groups excluding carboxylic acids is 1. The number of carbonyl (C=O) groups is 1. The molecule has 2 N–H and O–H groups in total. The van der Waals surface area contributed by atoms with Crippen LogP contribution in [-0.4, -0.2) is 16.8 Å². The van der Waals surface area contributed by atoms with Crippen LogP contribution < -0.4 is 10.6 Å². The van der Waals surface area contributed by atoms with Crippen LogP contribution in [-0.2, 0) is 0 Å². The second-order valence-electron chi connectivity index (χ2n) is 5.55. The van der Waals surface area contributed by atoms with Gasteiger partial charge >= 0.3 is 6.03 Å². The number of amides is 2. The average molecular weight is 360 g/mol. The fourth-order valence-electron chi connectivity index (χ4n) is 2.33. The molecule has 0 heterocycles. The zero-order valence-electron chi connectivity index (χ0n) is 14.2. The summed E-state index contributed by atoms with van der Waals surface area (Å²) in [5, 5.41) is 16.2. The number of hydrogen-bond donors (Lipinski definition) is 2. The molecule has 7 nitrogen and oxygen atoms in total. The van der Waals surface area contributed by atoms with E-state index in [0.29, 0.717) is 22.8 Å². The summed E-state index contributed by atoms with van der Waals surface area (Å²) >= 11 is 0. The van der Waals surface area contributed by atoms with Crippen molar-refractivity contribution < 1.29 is 9.72 Å². The highest BCUT2D eigenvalue weighted by Gasteiger charge is 2.10. The number of amidine groups is 1. The molecule has 0 radical (unpaired) electrons. The van der Waals surface area contributed by atoms with Crippen molar-refractivity contribution >= 4 is 28.9 Å². The predicted molar refractivity (Wildman–Crippen MR) is 104 cm³/mol. The van der Waals surface area contributed by atoms with Gasteiger partial charge in [-0.2, -0.15) is 0 Å². The van der Waals surface area contributed by atoms with E-state index in [4.69, 9.17) is 0 Å². The first-order valence-electron chi connectivity index (χ1n) is 8.13. The topological polar surface area (TPSA) is 96.6 Å². The van der Waals surface area contributed by atoms with Crippen molar-refractivity contribution in [3.8, 4) is 0 Å². The maximum Gasteiger partial charge on any atom is 0.324 e. The monoisotopic (exact) mass is 360 g/mol. The molecular weight excluding hydrogens is 344 g/mol. The Kier molecular flexibility index (Phi) is 5.54. The van der Waals surface area contributed by atoms with E-state index >= 15 is 0 Å². The quantitative estimate of drug-likeness (QED) is 0.310. The van der Waals surface area contributed by atoms with Gasteiger partial charge in [-0.05, 0) is 24.3 Å². The minimum Gasteiger partial charge on any atom is -0.308 e. The van der Waals surface area contributed by atoms with Crippen molar-refractivity contribution in [3.05, 3.63) is 101 Å². The van der Waals surface area contributed by atoms with E-state index in [1.165, 1.54) is 24.3 Å². The van der Waals surface area contributed by atoms with Crippen LogP contribution in [0.4, 0.5) is 21.9 Å². The molecule has 7 heteroatoms. The van der Waals surface area contributed by atoms with Gasteiger partial charge in [-0.25, -0.2) is 9.79 Å². The Bertz CT molecular complexity index is 956. The smallest absolute Gasteiger partial charge is 0.308 e. The molecule has 0 atom stereocenters. The third-order valence-electron chi connectivity index (χ3n) is 3.61. The second-order valence-corrected chi connectivity index (χ2v) is 5.55. The zero-order valence-corrected chi connectivity index (χ0v) is 14.2. The molecule has 3 aromatic rings. The summed E-state index contributed by atoms with van der Waals surface area (Å²) in [7, 11) is 0. The van der Waals surface area contributed by atoms with E-state index in [1.807, 2.05) is 48.5 Å².